The molecule has 2 rings (SSSR count). The van der Waals surface area contributed by atoms with E-state index in [0.29, 0.717) is 0 Å². The van der Waals surface area contributed by atoms with Gasteiger partial charge in [0.05, 0.1) is 6.04 Å². The predicted octanol–water partition coefficient (Wildman–Crippen LogP) is 3.72. The third-order valence-electron chi connectivity index (χ3n) is 3.05. The van der Waals surface area contributed by atoms with Crippen LogP contribution in [0.2, 0.25) is 0 Å². The van der Waals surface area contributed by atoms with Crippen molar-refractivity contribution < 1.29 is 13.2 Å². The maximum atomic E-state index is 13.9. The Kier molecular flexibility index (Phi) is 3.90. The van der Waals surface area contributed by atoms with E-state index < -0.39 is 23.5 Å². The van der Waals surface area contributed by atoms with E-state index in [1.807, 2.05) is 0 Å². The molecule has 0 fully saturated rings. The summed E-state index contributed by atoms with van der Waals surface area (Å²) in [5.41, 5.74) is 1.15. The molecular formula is C15H14F3N. The Balaban J connectivity index is 2.53. The SMILES string of the molecule is CNC(c1ccc(C)cc1F)c1cccc(F)c1F. The van der Waals surface area contributed by atoms with Crippen molar-refractivity contribution in [3.8, 4) is 0 Å². The van der Waals surface area contributed by atoms with Crippen LogP contribution in [0.5, 0.6) is 0 Å². The van der Waals surface area contributed by atoms with Gasteiger partial charge in [-0.1, -0.05) is 24.3 Å². The molecule has 0 aromatic heterocycles. The second-order valence-corrected chi connectivity index (χ2v) is 4.39. The zero-order chi connectivity index (χ0) is 14.0. The van der Waals surface area contributed by atoms with E-state index in [1.165, 1.54) is 18.2 Å². The van der Waals surface area contributed by atoms with Gasteiger partial charge in [-0.2, -0.15) is 0 Å². The van der Waals surface area contributed by atoms with Gasteiger partial charge in [0.2, 0.25) is 0 Å². The molecule has 100 valence electrons. The Hall–Kier alpha value is -1.81. The normalized spacial score (nSPS) is 12.5. The van der Waals surface area contributed by atoms with E-state index in [9.17, 15) is 13.2 Å². The Morgan fingerprint density at radius 2 is 1.68 bits per heavy atom. The minimum absolute atomic E-state index is 0.0882. The molecule has 1 nitrogen and oxygen atoms in total. The molecule has 1 unspecified atom stereocenters. The summed E-state index contributed by atoms with van der Waals surface area (Å²) >= 11 is 0. The summed E-state index contributed by atoms with van der Waals surface area (Å²) in [6, 6.07) is 7.85. The van der Waals surface area contributed by atoms with Crippen LogP contribution in [0.4, 0.5) is 13.2 Å². The number of hydrogen-bond donors (Lipinski definition) is 1. The highest BCUT2D eigenvalue weighted by atomic mass is 19.2. The van der Waals surface area contributed by atoms with Crippen LogP contribution in [0, 0.1) is 24.4 Å². The lowest BCUT2D eigenvalue weighted by Crippen LogP contribution is -2.20. The number of benzene rings is 2. The molecule has 2 aromatic carbocycles. The largest absolute Gasteiger partial charge is 0.309 e. The predicted molar refractivity (Wildman–Crippen MR) is 68.4 cm³/mol. The van der Waals surface area contributed by atoms with Crippen molar-refractivity contribution in [2.45, 2.75) is 13.0 Å². The molecule has 0 amide bonds. The Labute approximate surface area is 110 Å². The van der Waals surface area contributed by atoms with Gasteiger partial charge in [0.1, 0.15) is 5.82 Å². The molecule has 19 heavy (non-hydrogen) atoms. The molecule has 2 aromatic rings. The van der Waals surface area contributed by atoms with Gasteiger partial charge in [-0.25, -0.2) is 13.2 Å². The molecule has 0 bridgehead atoms. The Morgan fingerprint density at radius 1 is 0.947 bits per heavy atom. The average molecular weight is 265 g/mol. The second kappa shape index (κ2) is 5.45. The van der Waals surface area contributed by atoms with Crippen LogP contribution in [0.25, 0.3) is 0 Å². The molecule has 1 atom stereocenters. The Bertz CT molecular complexity index is 596. The first-order valence-electron chi connectivity index (χ1n) is 5.92. The third kappa shape index (κ3) is 2.63. The first kappa shape index (κ1) is 13.6. The minimum Gasteiger partial charge on any atom is -0.309 e. The lowest BCUT2D eigenvalue weighted by atomic mass is 9.97. The highest BCUT2D eigenvalue weighted by Gasteiger charge is 2.21. The molecule has 0 saturated carbocycles. The first-order chi connectivity index (χ1) is 9.04. The van der Waals surface area contributed by atoms with Crippen LogP contribution in [0.1, 0.15) is 22.7 Å². The molecule has 1 N–H and O–H groups in total. The van der Waals surface area contributed by atoms with Gasteiger partial charge in [0.25, 0.3) is 0 Å². The van der Waals surface area contributed by atoms with Crippen LogP contribution in [0.15, 0.2) is 36.4 Å². The van der Waals surface area contributed by atoms with Crippen LogP contribution >= 0.6 is 0 Å². The summed E-state index contributed by atoms with van der Waals surface area (Å²) < 4.78 is 41.0. The van der Waals surface area contributed by atoms with Gasteiger partial charge in [0.15, 0.2) is 11.6 Å². The zero-order valence-corrected chi connectivity index (χ0v) is 10.7. The molecule has 0 aliphatic heterocycles. The van der Waals surface area contributed by atoms with Crippen LogP contribution < -0.4 is 5.32 Å². The first-order valence-corrected chi connectivity index (χ1v) is 5.92. The fourth-order valence-corrected chi connectivity index (χ4v) is 2.09. The lowest BCUT2D eigenvalue weighted by Gasteiger charge is -2.19. The van der Waals surface area contributed by atoms with Crippen LogP contribution in [-0.2, 0) is 0 Å². The summed E-state index contributed by atoms with van der Waals surface area (Å²) in [6.45, 7) is 1.77. The summed E-state index contributed by atoms with van der Waals surface area (Å²) in [4.78, 5) is 0. The molecule has 0 spiro atoms. The number of aryl methyl sites for hydroxylation is 1. The third-order valence-corrected chi connectivity index (χ3v) is 3.05. The zero-order valence-electron chi connectivity index (χ0n) is 10.7. The number of nitrogens with one attached hydrogen (secondary N) is 1. The summed E-state index contributed by atoms with van der Waals surface area (Å²) in [7, 11) is 1.58. The quantitative estimate of drug-likeness (QED) is 0.891. The maximum absolute atomic E-state index is 13.9. The topological polar surface area (TPSA) is 12.0 Å². The van der Waals surface area contributed by atoms with Crippen LogP contribution in [-0.4, -0.2) is 7.05 Å². The van der Waals surface area contributed by atoms with Gasteiger partial charge in [-0.15, -0.1) is 0 Å². The molecular weight excluding hydrogens is 251 g/mol. The summed E-state index contributed by atoms with van der Waals surface area (Å²) in [5.74, 6) is -2.34. The summed E-state index contributed by atoms with van der Waals surface area (Å²) in [6.07, 6.45) is 0. The van der Waals surface area contributed by atoms with Gasteiger partial charge < -0.3 is 5.32 Å². The maximum Gasteiger partial charge on any atom is 0.163 e. The summed E-state index contributed by atoms with van der Waals surface area (Å²) in [5, 5.41) is 2.82. The molecule has 0 radical (unpaired) electrons. The average Bonchev–Trinajstić information content (AvgIpc) is 2.37. The highest BCUT2D eigenvalue weighted by molar-refractivity contribution is 5.35. The van der Waals surface area contributed by atoms with Crippen LogP contribution in [0.3, 0.4) is 0 Å². The number of halogens is 3. The molecule has 4 heteroatoms. The highest BCUT2D eigenvalue weighted by Crippen LogP contribution is 2.27. The second-order valence-electron chi connectivity index (χ2n) is 4.39. The van der Waals surface area contributed by atoms with Gasteiger partial charge in [0, 0.05) is 11.1 Å². The molecule has 0 aliphatic rings. The molecule has 0 saturated heterocycles. The molecule has 0 heterocycles. The smallest absolute Gasteiger partial charge is 0.163 e. The monoisotopic (exact) mass is 265 g/mol. The van der Waals surface area contributed by atoms with E-state index in [0.717, 1.165) is 11.6 Å². The standard InChI is InChI=1S/C15H14F3N/c1-9-6-7-10(13(17)8-9)15(19-2)11-4-3-5-12(16)14(11)18/h3-8,15,19H,1-2H3. The van der Waals surface area contributed by atoms with E-state index in [-0.39, 0.29) is 11.1 Å². The van der Waals surface area contributed by atoms with E-state index in [2.05, 4.69) is 5.32 Å². The fourth-order valence-electron chi connectivity index (χ4n) is 2.09. The fraction of sp³-hybridized carbons (Fsp3) is 0.200. The van der Waals surface area contributed by atoms with E-state index >= 15 is 0 Å². The van der Waals surface area contributed by atoms with Crippen molar-refractivity contribution in [3.05, 3.63) is 70.5 Å². The van der Waals surface area contributed by atoms with Crippen molar-refractivity contribution >= 4 is 0 Å². The van der Waals surface area contributed by atoms with Crippen molar-refractivity contribution in [1.82, 2.24) is 5.32 Å². The number of hydrogen-bond acceptors (Lipinski definition) is 1. The van der Waals surface area contributed by atoms with E-state index in [4.69, 9.17) is 0 Å². The lowest BCUT2D eigenvalue weighted by molar-refractivity contribution is 0.482. The van der Waals surface area contributed by atoms with Crippen molar-refractivity contribution in [2.24, 2.45) is 0 Å². The van der Waals surface area contributed by atoms with Crippen molar-refractivity contribution in [1.29, 1.82) is 0 Å². The number of rotatable bonds is 3. The Morgan fingerprint density at radius 3 is 2.32 bits per heavy atom. The van der Waals surface area contributed by atoms with Crippen molar-refractivity contribution in [3.63, 3.8) is 0 Å². The van der Waals surface area contributed by atoms with Gasteiger partial charge >= 0.3 is 0 Å². The van der Waals surface area contributed by atoms with Gasteiger partial charge in [-0.05, 0) is 31.7 Å². The molecule has 0 aliphatic carbocycles. The van der Waals surface area contributed by atoms with Gasteiger partial charge in [-0.3, -0.25) is 0 Å². The minimum atomic E-state index is -0.957. The van der Waals surface area contributed by atoms with E-state index in [1.54, 1.807) is 26.1 Å². The van der Waals surface area contributed by atoms with Crippen molar-refractivity contribution in [2.75, 3.05) is 7.05 Å².